The smallest absolute Gasteiger partial charge is 0.331 e. The van der Waals surface area contributed by atoms with E-state index in [1.807, 2.05) is 6.92 Å². The molecule has 0 saturated heterocycles. The van der Waals surface area contributed by atoms with Gasteiger partial charge in [0.25, 0.3) is 10.1 Å². The van der Waals surface area contributed by atoms with Gasteiger partial charge in [0.2, 0.25) is 0 Å². The highest BCUT2D eigenvalue weighted by atomic mass is 32.2. The van der Waals surface area contributed by atoms with Crippen molar-refractivity contribution in [2.24, 2.45) is 0 Å². The van der Waals surface area contributed by atoms with Crippen LogP contribution in [0.5, 0.6) is 0 Å². The molecule has 120 valence electrons. The fraction of sp³-hybridized carbons (Fsp3) is 0.917. The zero-order chi connectivity index (χ0) is 15.4. The molecular weight excluding hydrogens is 288 g/mol. The second kappa shape index (κ2) is 11.0. The van der Waals surface area contributed by atoms with Crippen molar-refractivity contribution in [2.75, 3.05) is 39.8 Å². The van der Waals surface area contributed by atoms with Crippen LogP contribution in [-0.2, 0) is 33.3 Å². The second-order valence-electron chi connectivity index (χ2n) is 4.15. The van der Waals surface area contributed by atoms with Crippen LogP contribution in [0.15, 0.2) is 0 Å². The molecule has 1 atom stereocenters. The van der Waals surface area contributed by atoms with Gasteiger partial charge in [-0.2, -0.15) is 8.42 Å². The van der Waals surface area contributed by atoms with Crippen LogP contribution >= 0.6 is 0 Å². The molecule has 0 aliphatic carbocycles. The summed E-state index contributed by atoms with van der Waals surface area (Å²) in [6.45, 7) is 2.58. The maximum Gasteiger partial charge on any atom is 0.331 e. The monoisotopic (exact) mass is 312 g/mol. The fourth-order valence-electron chi connectivity index (χ4n) is 1.46. The maximum absolute atomic E-state index is 11.3. The third kappa shape index (κ3) is 10.1. The van der Waals surface area contributed by atoms with E-state index in [9.17, 15) is 13.2 Å². The van der Waals surface area contributed by atoms with Crippen molar-refractivity contribution < 1.29 is 31.6 Å². The third-order valence-corrected chi connectivity index (χ3v) is 3.78. The Labute approximate surface area is 120 Å². The largest absolute Gasteiger partial charge is 0.467 e. The number of esters is 1. The highest BCUT2D eigenvalue weighted by molar-refractivity contribution is 7.86. The van der Waals surface area contributed by atoms with Crippen LogP contribution in [0.2, 0.25) is 0 Å². The standard InChI is InChI=1S/C12H24O7S/c1-4-6-11(10-20(14,15)17-3)19-8-5-7-18-9-12(13)16-2/h11H,4-10H2,1-3H3. The van der Waals surface area contributed by atoms with E-state index < -0.39 is 16.1 Å². The van der Waals surface area contributed by atoms with E-state index in [-0.39, 0.29) is 18.5 Å². The van der Waals surface area contributed by atoms with Gasteiger partial charge in [-0.1, -0.05) is 13.3 Å². The van der Waals surface area contributed by atoms with E-state index >= 15 is 0 Å². The van der Waals surface area contributed by atoms with Crippen LogP contribution in [0.3, 0.4) is 0 Å². The molecular formula is C12H24O7S. The van der Waals surface area contributed by atoms with E-state index in [2.05, 4.69) is 8.92 Å². The first-order chi connectivity index (χ1) is 9.45. The van der Waals surface area contributed by atoms with E-state index in [1.165, 1.54) is 7.11 Å². The molecule has 0 aromatic heterocycles. The Hall–Kier alpha value is -0.700. The molecule has 0 radical (unpaired) electrons. The van der Waals surface area contributed by atoms with E-state index in [1.54, 1.807) is 0 Å². The van der Waals surface area contributed by atoms with Gasteiger partial charge in [0.05, 0.1) is 20.3 Å². The van der Waals surface area contributed by atoms with Crippen molar-refractivity contribution in [1.82, 2.24) is 0 Å². The van der Waals surface area contributed by atoms with Gasteiger partial charge in [0.15, 0.2) is 0 Å². The zero-order valence-electron chi connectivity index (χ0n) is 12.3. The van der Waals surface area contributed by atoms with Crippen molar-refractivity contribution in [3.05, 3.63) is 0 Å². The molecule has 0 aliphatic rings. The first-order valence-corrected chi connectivity index (χ1v) is 8.07. The van der Waals surface area contributed by atoms with Gasteiger partial charge in [-0.25, -0.2) is 4.79 Å². The lowest BCUT2D eigenvalue weighted by Gasteiger charge is -2.16. The SMILES string of the molecule is CCCC(CS(=O)(=O)OC)OCCCOCC(=O)OC. The summed E-state index contributed by atoms with van der Waals surface area (Å²) in [5.74, 6) is -0.582. The Morgan fingerprint density at radius 2 is 1.90 bits per heavy atom. The van der Waals surface area contributed by atoms with Crippen LogP contribution in [0.25, 0.3) is 0 Å². The van der Waals surface area contributed by atoms with Crippen molar-refractivity contribution in [3.8, 4) is 0 Å². The van der Waals surface area contributed by atoms with Gasteiger partial charge in [-0.05, 0) is 12.8 Å². The number of hydrogen-bond donors (Lipinski definition) is 0. The van der Waals surface area contributed by atoms with Gasteiger partial charge in [0, 0.05) is 13.2 Å². The Balaban J connectivity index is 3.84. The molecule has 0 amide bonds. The molecule has 20 heavy (non-hydrogen) atoms. The molecule has 0 N–H and O–H groups in total. The Bertz CT molecular complexity index is 353. The normalized spacial score (nSPS) is 13.2. The molecule has 0 spiro atoms. The van der Waals surface area contributed by atoms with Crippen LogP contribution in [0.4, 0.5) is 0 Å². The summed E-state index contributed by atoms with van der Waals surface area (Å²) in [6, 6.07) is 0. The predicted molar refractivity (Wildman–Crippen MR) is 72.9 cm³/mol. The second-order valence-corrected chi connectivity index (χ2v) is 5.94. The van der Waals surface area contributed by atoms with Crippen molar-refractivity contribution in [1.29, 1.82) is 0 Å². The van der Waals surface area contributed by atoms with Crippen molar-refractivity contribution in [2.45, 2.75) is 32.3 Å². The number of hydrogen-bond acceptors (Lipinski definition) is 7. The number of methoxy groups -OCH3 is 1. The molecule has 0 aromatic rings. The Kier molecular flexibility index (Phi) is 10.6. The van der Waals surface area contributed by atoms with E-state index in [4.69, 9.17) is 9.47 Å². The van der Waals surface area contributed by atoms with Crippen LogP contribution in [0.1, 0.15) is 26.2 Å². The lowest BCUT2D eigenvalue weighted by Crippen LogP contribution is -2.25. The molecule has 0 aromatic carbocycles. The minimum absolute atomic E-state index is 0.0903. The molecule has 0 fully saturated rings. The summed E-state index contributed by atoms with van der Waals surface area (Å²) in [5.41, 5.74) is 0. The fourth-order valence-corrected chi connectivity index (χ4v) is 2.31. The average Bonchev–Trinajstić information content (AvgIpc) is 2.42. The Morgan fingerprint density at radius 3 is 2.45 bits per heavy atom. The zero-order valence-corrected chi connectivity index (χ0v) is 13.1. The summed E-state index contributed by atoms with van der Waals surface area (Å²) in [4.78, 5) is 10.8. The lowest BCUT2D eigenvalue weighted by atomic mass is 10.2. The van der Waals surface area contributed by atoms with Crippen LogP contribution < -0.4 is 0 Å². The number of carbonyl (C=O) groups is 1. The molecule has 0 heterocycles. The summed E-state index contributed by atoms with van der Waals surface area (Å²) < 4.78 is 42.1. The maximum atomic E-state index is 11.3. The summed E-state index contributed by atoms with van der Waals surface area (Å²) >= 11 is 0. The lowest BCUT2D eigenvalue weighted by molar-refractivity contribution is -0.146. The summed E-state index contributed by atoms with van der Waals surface area (Å²) in [7, 11) is -1.09. The van der Waals surface area contributed by atoms with Crippen LogP contribution in [0, 0.1) is 0 Å². The van der Waals surface area contributed by atoms with Gasteiger partial charge in [-0.3, -0.25) is 4.18 Å². The predicted octanol–water partition coefficient (Wildman–Crippen LogP) is 0.728. The third-order valence-electron chi connectivity index (χ3n) is 2.49. The number of ether oxygens (including phenoxy) is 3. The van der Waals surface area contributed by atoms with Crippen molar-refractivity contribution >= 4 is 16.1 Å². The Morgan fingerprint density at radius 1 is 1.20 bits per heavy atom. The summed E-state index contributed by atoms with van der Waals surface area (Å²) in [5, 5.41) is 0. The molecule has 0 saturated carbocycles. The first kappa shape index (κ1) is 19.3. The van der Waals surface area contributed by atoms with Gasteiger partial charge >= 0.3 is 5.97 Å². The van der Waals surface area contributed by atoms with Gasteiger partial charge in [0.1, 0.15) is 12.4 Å². The minimum Gasteiger partial charge on any atom is -0.467 e. The van der Waals surface area contributed by atoms with E-state index in [0.29, 0.717) is 26.1 Å². The summed E-state index contributed by atoms with van der Waals surface area (Å²) in [6.07, 6.45) is 1.66. The highest BCUT2D eigenvalue weighted by Gasteiger charge is 2.18. The van der Waals surface area contributed by atoms with Crippen LogP contribution in [-0.4, -0.2) is 60.3 Å². The minimum atomic E-state index is -3.52. The molecule has 7 nitrogen and oxygen atoms in total. The first-order valence-electron chi connectivity index (χ1n) is 6.49. The quantitative estimate of drug-likeness (QED) is 0.298. The molecule has 8 heteroatoms. The number of carbonyl (C=O) groups excluding carboxylic acids is 1. The van der Waals surface area contributed by atoms with Crippen molar-refractivity contribution in [3.63, 3.8) is 0 Å². The topological polar surface area (TPSA) is 88.1 Å². The highest BCUT2D eigenvalue weighted by Crippen LogP contribution is 2.07. The van der Waals surface area contributed by atoms with E-state index in [0.717, 1.165) is 13.5 Å². The molecule has 0 rings (SSSR count). The molecule has 1 unspecified atom stereocenters. The average molecular weight is 312 g/mol. The van der Waals surface area contributed by atoms with Gasteiger partial charge < -0.3 is 14.2 Å². The molecule has 0 aliphatic heterocycles. The molecule has 0 bridgehead atoms. The number of rotatable bonds is 12. The van der Waals surface area contributed by atoms with Gasteiger partial charge in [-0.15, -0.1) is 0 Å².